The number of likely N-dealkylation sites (N-methyl/N-ethyl adjacent to an activating group) is 1. The Morgan fingerprint density at radius 1 is 0.971 bits per heavy atom. The standard InChI is InChI=1S/C28H30N4O2/c1-3-32(4-2)17-16-19-10-13-22(14-11-19)30-26(20-8-6-5-7-9-20)25-23-15-12-21(27(29)33)18-24(23)31-28(25)34/h5-15,18,31,34H,3-4,16-17H2,1-2H3,(H2,29,33). The van der Waals surface area contributed by atoms with Gasteiger partial charge in [-0.05, 0) is 49.3 Å². The van der Waals surface area contributed by atoms with Gasteiger partial charge in [0.2, 0.25) is 5.91 Å². The van der Waals surface area contributed by atoms with Gasteiger partial charge in [-0.25, -0.2) is 4.99 Å². The van der Waals surface area contributed by atoms with Crippen LogP contribution in [0.15, 0.2) is 77.8 Å². The Bertz CT molecular complexity index is 1300. The zero-order valence-electron chi connectivity index (χ0n) is 19.6. The number of aromatic nitrogens is 1. The van der Waals surface area contributed by atoms with Crippen molar-refractivity contribution < 1.29 is 9.90 Å². The van der Waals surface area contributed by atoms with E-state index in [0.717, 1.165) is 42.7 Å². The number of benzene rings is 3. The molecule has 174 valence electrons. The number of nitrogens with zero attached hydrogens (tertiary/aromatic N) is 2. The summed E-state index contributed by atoms with van der Waals surface area (Å²) in [7, 11) is 0. The lowest BCUT2D eigenvalue weighted by atomic mass is 10.00. The van der Waals surface area contributed by atoms with Crippen LogP contribution in [0.2, 0.25) is 0 Å². The zero-order chi connectivity index (χ0) is 24.1. The molecular formula is C28H30N4O2. The highest BCUT2D eigenvalue weighted by Gasteiger charge is 2.19. The fraction of sp³-hybridized carbons (Fsp3) is 0.214. The molecule has 0 bridgehead atoms. The minimum absolute atomic E-state index is 0.00457. The van der Waals surface area contributed by atoms with Crippen LogP contribution < -0.4 is 5.73 Å². The molecule has 0 aliphatic heterocycles. The Balaban J connectivity index is 1.74. The number of H-pyrrole nitrogens is 1. The molecule has 0 aliphatic carbocycles. The van der Waals surface area contributed by atoms with Crippen molar-refractivity contribution in [2.75, 3.05) is 19.6 Å². The summed E-state index contributed by atoms with van der Waals surface area (Å²) < 4.78 is 0. The van der Waals surface area contributed by atoms with Crippen LogP contribution >= 0.6 is 0 Å². The molecule has 34 heavy (non-hydrogen) atoms. The van der Waals surface area contributed by atoms with Gasteiger partial charge < -0.3 is 20.7 Å². The van der Waals surface area contributed by atoms with Gasteiger partial charge in [-0.15, -0.1) is 0 Å². The van der Waals surface area contributed by atoms with E-state index in [1.807, 2.05) is 42.5 Å². The SMILES string of the molecule is CCN(CC)CCc1ccc(N=C(c2ccccc2)c2c(O)[nH]c3cc(C(N)=O)ccc23)cc1. The van der Waals surface area contributed by atoms with Gasteiger partial charge in [-0.2, -0.15) is 0 Å². The number of amides is 1. The predicted molar refractivity (Wildman–Crippen MR) is 138 cm³/mol. The summed E-state index contributed by atoms with van der Waals surface area (Å²) in [5.41, 5.74) is 10.6. The Morgan fingerprint density at radius 2 is 1.68 bits per heavy atom. The van der Waals surface area contributed by atoms with E-state index in [-0.39, 0.29) is 5.88 Å². The predicted octanol–water partition coefficient (Wildman–Crippen LogP) is 5.03. The van der Waals surface area contributed by atoms with E-state index in [4.69, 9.17) is 10.7 Å². The maximum atomic E-state index is 11.6. The monoisotopic (exact) mass is 454 g/mol. The topological polar surface area (TPSA) is 94.7 Å². The largest absolute Gasteiger partial charge is 0.494 e. The number of hydrogen-bond donors (Lipinski definition) is 3. The van der Waals surface area contributed by atoms with Gasteiger partial charge in [0.25, 0.3) is 0 Å². The van der Waals surface area contributed by atoms with E-state index < -0.39 is 5.91 Å². The number of hydrogen-bond acceptors (Lipinski definition) is 4. The third-order valence-electron chi connectivity index (χ3n) is 6.14. The van der Waals surface area contributed by atoms with Crippen LogP contribution in [0.4, 0.5) is 5.69 Å². The molecule has 0 atom stereocenters. The Labute approximate surface area is 199 Å². The molecule has 6 heteroatoms. The van der Waals surface area contributed by atoms with E-state index in [1.165, 1.54) is 5.56 Å². The quantitative estimate of drug-likeness (QED) is 0.310. The smallest absolute Gasteiger partial charge is 0.248 e. The summed E-state index contributed by atoms with van der Waals surface area (Å²) in [5, 5.41) is 11.6. The molecule has 0 aliphatic rings. The number of nitrogens with two attached hydrogens (primary N) is 1. The molecule has 4 N–H and O–H groups in total. The lowest BCUT2D eigenvalue weighted by Gasteiger charge is -2.17. The summed E-state index contributed by atoms with van der Waals surface area (Å²) in [5.74, 6) is -0.523. The molecular weight excluding hydrogens is 424 g/mol. The number of aromatic hydroxyl groups is 1. The highest BCUT2D eigenvalue weighted by atomic mass is 16.3. The number of aliphatic imine (C=N–C) groups is 1. The van der Waals surface area contributed by atoms with Crippen LogP contribution in [0.5, 0.6) is 5.88 Å². The van der Waals surface area contributed by atoms with Crippen molar-refractivity contribution >= 4 is 28.2 Å². The van der Waals surface area contributed by atoms with Crippen LogP contribution in [-0.2, 0) is 6.42 Å². The van der Waals surface area contributed by atoms with Gasteiger partial charge in [0.05, 0.1) is 17.0 Å². The normalized spacial score (nSPS) is 11.9. The van der Waals surface area contributed by atoms with Gasteiger partial charge in [0.1, 0.15) is 0 Å². The van der Waals surface area contributed by atoms with E-state index >= 15 is 0 Å². The molecule has 1 heterocycles. The third-order valence-corrected chi connectivity index (χ3v) is 6.14. The van der Waals surface area contributed by atoms with Crippen molar-refractivity contribution in [1.29, 1.82) is 0 Å². The van der Waals surface area contributed by atoms with Crippen LogP contribution in [0.3, 0.4) is 0 Å². The molecule has 0 radical (unpaired) electrons. The first-order valence-corrected chi connectivity index (χ1v) is 11.6. The summed E-state index contributed by atoms with van der Waals surface area (Å²) in [6, 6.07) is 23.1. The second-order valence-corrected chi connectivity index (χ2v) is 8.24. The Hall–Kier alpha value is -3.90. The number of primary amides is 1. The fourth-order valence-corrected chi connectivity index (χ4v) is 4.13. The summed E-state index contributed by atoms with van der Waals surface area (Å²) in [6.45, 7) is 7.49. The first-order chi connectivity index (χ1) is 16.5. The molecule has 0 fully saturated rings. The van der Waals surface area contributed by atoms with Crippen molar-refractivity contribution in [3.63, 3.8) is 0 Å². The summed E-state index contributed by atoms with van der Waals surface area (Å²) in [4.78, 5) is 21.9. The average Bonchev–Trinajstić information content (AvgIpc) is 3.19. The van der Waals surface area contributed by atoms with Crippen molar-refractivity contribution in [1.82, 2.24) is 9.88 Å². The van der Waals surface area contributed by atoms with Crippen molar-refractivity contribution in [2.24, 2.45) is 10.7 Å². The number of aromatic amines is 1. The third kappa shape index (κ3) is 5.02. The Kier molecular flexibility index (Phi) is 7.09. The number of nitrogens with one attached hydrogen (secondary N) is 1. The molecule has 3 aromatic carbocycles. The van der Waals surface area contributed by atoms with Gasteiger partial charge in [0, 0.05) is 28.6 Å². The molecule has 1 amide bonds. The van der Waals surface area contributed by atoms with E-state index in [2.05, 4.69) is 35.9 Å². The highest BCUT2D eigenvalue weighted by Crippen LogP contribution is 2.32. The Morgan fingerprint density at radius 3 is 2.32 bits per heavy atom. The first kappa shape index (κ1) is 23.3. The number of carbonyl (C=O) groups excluding carboxylic acids is 1. The van der Waals surface area contributed by atoms with Gasteiger partial charge in [-0.3, -0.25) is 4.79 Å². The zero-order valence-corrected chi connectivity index (χ0v) is 19.6. The van der Waals surface area contributed by atoms with Crippen LogP contribution in [-0.4, -0.2) is 46.2 Å². The van der Waals surface area contributed by atoms with E-state index in [9.17, 15) is 9.90 Å². The lowest BCUT2D eigenvalue weighted by molar-refractivity contribution is 0.100. The van der Waals surface area contributed by atoms with Crippen LogP contribution in [0.1, 0.15) is 40.9 Å². The van der Waals surface area contributed by atoms with Gasteiger partial charge in [0.15, 0.2) is 5.88 Å². The molecule has 4 rings (SSSR count). The van der Waals surface area contributed by atoms with E-state index in [1.54, 1.807) is 18.2 Å². The maximum absolute atomic E-state index is 11.6. The van der Waals surface area contributed by atoms with E-state index in [0.29, 0.717) is 22.4 Å². The summed E-state index contributed by atoms with van der Waals surface area (Å²) in [6.07, 6.45) is 0.989. The molecule has 1 aromatic heterocycles. The molecule has 0 spiro atoms. The first-order valence-electron chi connectivity index (χ1n) is 11.6. The van der Waals surface area contributed by atoms with Gasteiger partial charge >= 0.3 is 0 Å². The number of carbonyl (C=O) groups is 1. The van der Waals surface area contributed by atoms with Crippen molar-refractivity contribution in [3.8, 4) is 5.88 Å². The maximum Gasteiger partial charge on any atom is 0.248 e. The second-order valence-electron chi connectivity index (χ2n) is 8.24. The van der Waals surface area contributed by atoms with Crippen LogP contribution in [0.25, 0.3) is 10.9 Å². The number of fused-ring (bicyclic) bond motifs is 1. The van der Waals surface area contributed by atoms with Crippen molar-refractivity contribution in [2.45, 2.75) is 20.3 Å². The average molecular weight is 455 g/mol. The lowest BCUT2D eigenvalue weighted by Crippen LogP contribution is -2.25. The molecule has 0 saturated carbocycles. The summed E-state index contributed by atoms with van der Waals surface area (Å²) >= 11 is 0. The molecule has 6 nitrogen and oxygen atoms in total. The second kappa shape index (κ2) is 10.4. The fourth-order valence-electron chi connectivity index (χ4n) is 4.13. The molecule has 4 aromatic rings. The van der Waals surface area contributed by atoms with Gasteiger partial charge in [-0.1, -0.05) is 62.4 Å². The molecule has 0 saturated heterocycles. The highest BCUT2D eigenvalue weighted by molar-refractivity contribution is 6.22. The molecule has 0 unspecified atom stereocenters. The minimum atomic E-state index is -0.518. The van der Waals surface area contributed by atoms with Crippen LogP contribution in [0, 0.1) is 0 Å². The minimum Gasteiger partial charge on any atom is -0.494 e. The number of rotatable bonds is 9. The van der Waals surface area contributed by atoms with Crippen molar-refractivity contribution in [3.05, 3.63) is 95.1 Å².